The summed E-state index contributed by atoms with van der Waals surface area (Å²) in [4.78, 5) is 10.8. The molecule has 0 amide bonds. The molecule has 0 saturated heterocycles. The van der Waals surface area contributed by atoms with E-state index in [0.29, 0.717) is 6.07 Å². The maximum atomic E-state index is 13.5. The Morgan fingerprint density at radius 3 is 2.61 bits per heavy atom. The highest BCUT2D eigenvalue weighted by atomic mass is 19.1. The van der Waals surface area contributed by atoms with Crippen LogP contribution < -0.4 is 5.32 Å². The lowest BCUT2D eigenvalue weighted by atomic mass is 10.1. The van der Waals surface area contributed by atoms with Crippen molar-refractivity contribution >= 4 is 11.7 Å². The number of unbranched alkanes of at least 4 members (excludes halogenated alkanes) is 1. The second-order valence-corrected chi connectivity index (χ2v) is 4.30. The van der Waals surface area contributed by atoms with E-state index in [1.807, 2.05) is 13.8 Å². The molecule has 1 atom stereocenters. The van der Waals surface area contributed by atoms with Crippen molar-refractivity contribution < 1.29 is 18.7 Å². The summed E-state index contributed by atoms with van der Waals surface area (Å²) in [5.41, 5.74) is -0.501. The van der Waals surface area contributed by atoms with Gasteiger partial charge in [0.05, 0.1) is 11.3 Å². The fraction of sp³-hybridized carbons (Fsp3) is 0.462. The van der Waals surface area contributed by atoms with Crippen molar-refractivity contribution in [2.24, 2.45) is 0 Å². The summed E-state index contributed by atoms with van der Waals surface area (Å²) < 4.78 is 26.7. The molecule has 0 heterocycles. The molecule has 0 bridgehead atoms. The summed E-state index contributed by atoms with van der Waals surface area (Å²) in [5.74, 6) is -3.25. The molecule has 100 valence electrons. The zero-order valence-electron chi connectivity index (χ0n) is 10.5. The Morgan fingerprint density at radius 2 is 2.06 bits per heavy atom. The number of carboxylic acids is 1. The van der Waals surface area contributed by atoms with E-state index in [2.05, 4.69) is 5.32 Å². The van der Waals surface area contributed by atoms with Crippen molar-refractivity contribution in [3.63, 3.8) is 0 Å². The molecule has 1 aromatic rings. The molecule has 0 fully saturated rings. The van der Waals surface area contributed by atoms with E-state index < -0.39 is 23.2 Å². The van der Waals surface area contributed by atoms with Crippen molar-refractivity contribution in [3.05, 3.63) is 29.3 Å². The van der Waals surface area contributed by atoms with Crippen LogP contribution in [0.15, 0.2) is 12.1 Å². The maximum Gasteiger partial charge on any atom is 0.338 e. The second-order valence-electron chi connectivity index (χ2n) is 4.30. The van der Waals surface area contributed by atoms with Crippen LogP contribution in [0.25, 0.3) is 0 Å². The van der Waals surface area contributed by atoms with Crippen LogP contribution in [0.1, 0.15) is 43.5 Å². The van der Waals surface area contributed by atoms with Gasteiger partial charge in [0.1, 0.15) is 11.6 Å². The fourth-order valence-electron chi connectivity index (χ4n) is 1.67. The van der Waals surface area contributed by atoms with E-state index in [4.69, 9.17) is 5.11 Å². The molecule has 1 aromatic carbocycles. The number of carbonyl (C=O) groups is 1. The Bertz CT molecular complexity index is 435. The number of anilines is 1. The number of rotatable bonds is 6. The lowest BCUT2D eigenvalue weighted by molar-refractivity contribution is 0.0692. The minimum Gasteiger partial charge on any atom is -0.478 e. The third kappa shape index (κ3) is 3.68. The van der Waals surface area contributed by atoms with Gasteiger partial charge >= 0.3 is 5.97 Å². The highest BCUT2D eigenvalue weighted by Gasteiger charge is 2.16. The number of halogens is 2. The SMILES string of the molecule is CCCCC(C)Nc1cc(C(=O)O)c(F)cc1F. The van der Waals surface area contributed by atoms with Gasteiger partial charge in [-0.25, -0.2) is 13.6 Å². The molecule has 0 aliphatic carbocycles. The summed E-state index contributed by atoms with van der Waals surface area (Å²) in [5, 5.41) is 11.6. The first-order chi connectivity index (χ1) is 8.45. The predicted molar refractivity (Wildman–Crippen MR) is 65.9 cm³/mol. The molecule has 5 heteroatoms. The van der Waals surface area contributed by atoms with E-state index in [9.17, 15) is 13.6 Å². The van der Waals surface area contributed by atoms with Crippen molar-refractivity contribution in [1.82, 2.24) is 0 Å². The Labute approximate surface area is 105 Å². The zero-order valence-corrected chi connectivity index (χ0v) is 10.5. The van der Waals surface area contributed by atoms with Crippen molar-refractivity contribution in [2.75, 3.05) is 5.32 Å². The third-order valence-electron chi connectivity index (χ3n) is 2.68. The maximum absolute atomic E-state index is 13.5. The molecular weight excluding hydrogens is 240 g/mol. The number of nitrogens with one attached hydrogen (secondary N) is 1. The monoisotopic (exact) mass is 257 g/mol. The van der Waals surface area contributed by atoms with E-state index in [1.54, 1.807) is 0 Å². The molecular formula is C13H17F2NO2. The van der Waals surface area contributed by atoms with Gasteiger partial charge in [-0.05, 0) is 19.4 Å². The van der Waals surface area contributed by atoms with Crippen LogP contribution in [0.3, 0.4) is 0 Å². The largest absolute Gasteiger partial charge is 0.478 e. The molecule has 18 heavy (non-hydrogen) atoms. The summed E-state index contributed by atoms with van der Waals surface area (Å²) in [7, 11) is 0. The van der Waals surface area contributed by atoms with Crippen LogP contribution in [0.5, 0.6) is 0 Å². The van der Waals surface area contributed by atoms with Crippen molar-refractivity contribution in [3.8, 4) is 0 Å². The Morgan fingerprint density at radius 1 is 1.39 bits per heavy atom. The molecule has 0 aromatic heterocycles. The quantitative estimate of drug-likeness (QED) is 0.817. The Hall–Kier alpha value is -1.65. The first-order valence-electron chi connectivity index (χ1n) is 5.94. The highest BCUT2D eigenvalue weighted by molar-refractivity contribution is 5.89. The van der Waals surface area contributed by atoms with Crippen LogP contribution in [-0.4, -0.2) is 17.1 Å². The van der Waals surface area contributed by atoms with Crippen molar-refractivity contribution in [2.45, 2.75) is 39.2 Å². The summed E-state index contributed by atoms with van der Waals surface area (Å²) in [6.07, 6.45) is 2.86. The van der Waals surface area contributed by atoms with Gasteiger partial charge in [0.2, 0.25) is 0 Å². The highest BCUT2D eigenvalue weighted by Crippen LogP contribution is 2.21. The Balaban J connectivity index is 2.88. The van der Waals surface area contributed by atoms with Gasteiger partial charge in [-0.3, -0.25) is 0 Å². The Kier molecular flexibility index (Phi) is 5.07. The molecule has 3 nitrogen and oxygen atoms in total. The minimum atomic E-state index is -1.41. The van der Waals surface area contributed by atoms with Gasteiger partial charge < -0.3 is 10.4 Å². The number of hydrogen-bond donors (Lipinski definition) is 2. The average Bonchev–Trinajstić information content (AvgIpc) is 2.29. The minimum absolute atomic E-state index is 0.00607. The standard InChI is InChI=1S/C13H17F2NO2/c1-3-4-5-8(2)16-12-6-9(13(17)18)10(14)7-11(12)15/h6-8,16H,3-5H2,1-2H3,(H,17,18). The smallest absolute Gasteiger partial charge is 0.338 e. The zero-order chi connectivity index (χ0) is 13.7. The van der Waals surface area contributed by atoms with Gasteiger partial charge in [-0.1, -0.05) is 19.8 Å². The molecule has 0 saturated carbocycles. The molecule has 1 rings (SSSR count). The van der Waals surface area contributed by atoms with E-state index in [1.165, 1.54) is 0 Å². The predicted octanol–water partition coefficient (Wildman–Crippen LogP) is 3.65. The fourth-order valence-corrected chi connectivity index (χ4v) is 1.67. The van der Waals surface area contributed by atoms with Crippen LogP contribution >= 0.6 is 0 Å². The van der Waals surface area contributed by atoms with Crippen LogP contribution in [0.2, 0.25) is 0 Å². The number of aromatic carboxylic acids is 1. The van der Waals surface area contributed by atoms with Crippen LogP contribution in [0, 0.1) is 11.6 Å². The summed E-state index contributed by atoms with van der Waals surface area (Å²) in [6, 6.07) is 1.60. The van der Waals surface area contributed by atoms with Gasteiger partial charge in [0.15, 0.2) is 0 Å². The first-order valence-corrected chi connectivity index (χ1v) is 5.94. The number of carboxylic acid groups (broad SMARTS) is 1. The summed E-state index contributed by atoms with van der Waals surface area (Å²) in [6.45, 7) is 3.92. The molecule has 2 N–H and O–H groups in total. The lowest BCUT2D eigenvalue weighted by Gasteiger charge is -2.16. The third-order valence-corrected chi connectivity index (χ3v) is 2.68. The topological polar surface area (TPSA) is 49.3 Å². The van der Waals surface area contributed by atoms with Crippen molar-refractivity contribution in [1.29, 1.82) is 0 Å². The van der Waals surface area contributed by atoms with Crippen LogP contribution in [-0.2, 0) is 0 Å². The number of benzene rings is 1. The normalized spacial score (nSPS) is 12.2. The second kappa shape index (κ2) is 6.33. The van der Waals surface area contributed by atoms with Gasteiger partial charge in [-0.15, -0.1) is 0 Å². The van der Waals surface area contributed by atoms with Gasteiger partial charge in [0.25, 0.3) is 0 Å². The molecule has 0 aliphatic rings. The van der Waals surface area contributed by atoms with E-state index >= 15 is 0 Å². The average molecular weight is 257 g/mol. The molecule has 1 unspecified atom stereocenters. The molecule has 0 radical (unpaired) electrons. The van der Waals surface area contributed by atoms with E-state index in [-0.39, 0.29) is 11.7 Å². The number of hydrogen-bond acceptors (Lipinski definition) is 2. The lowest BCUT2D eigenvalue weighted by Crippen LogP contribution is -2.16. The van der Waals surface area contributed by atoms with E-state index in [0.717, 1.165) is 25.3 Å². The molecule has 0 aliphatic heterocycles. The summed E-state index contributed by atoms with van der Waals surface area (Å²) >= 11 is 0. The van der Waals surface area contributed by atoms with Gasteiger partial charge in [0, 0.05) is 12.1 Å². The van der Waals surface area contributed by atoms with Gasteiger partial charge in [-0.2, -0.15) is 0 Å². The first kappa shape index (κ1) is 14.4. The molecule has 0 spiro atoms. The van der Waals surface area contributed by atoms with Crippen LogP contribution in [0.4, 0.5) is 14.5 Å².